The van der Waals surface area contributed by atoms with Crippen LogP contribution in [0, 0.1) is 6.92 Å². The van der Waals surface area contributed by atoms with Crippen LogP contribution in [-0.2, 0) is 4.79 Å². The molecule has 3 rings (SSSR count). The number of piperazine rings is 1. The van der Waals surface area contributed by atoms with Crippen molar-refractivity contribution >= 4 is 5.91 Å². The SMILES string of the molecule is Cc1ccc(OC(C)C(=O)N2CCC(N3CCNCC3)C2)cc1. The first kappa shape index (κ1) is 16.3. The number of rotatable bonds is 4. The summed E-state index contributed by atoms with van der Waals surface area (Å²) in [5, 5.41) is 3.38. The molecule has 2 aliphatic heterocycles. The maximum absolute atomic E-state index is 12.6. The van der Waals surface area contributed by atoms with Crippen LogP contribution in [0.1, 0.15) is 18.9 Å². The number of aryl methyl sites for hydroxylation is 1. The predicted octanol–water partition coefficient (Wildman–Crippen LogP) is 1.27. The third kappa shape index (κ3) is 4.03. The Bertz CT molecular complexity index is 526. The Kier molecular flexibility index (Phi) is 5.18. The number of amides is 1. The first-order valence-electron chi connectivity index (χ1n) is 8.60. The molecular weight excluding hydrogens is 290 g/mol. The van der Waals surface area contributed by atoms with E-state index in [1.807, 2.05) is 43.0 Å². The zero-order valence-electron chi connectivity index (χ0n) is 14.1. The van der Waals surface area contributed by atoms with Crippen LogP contribution < -0.4 is 10.1 Å². The average Bonchev–Trinajstić information content (AvgIpc) is 3.07. The van der Waals surface area contributed by atoms with Gasteiger partial charge in [0, 0.05) is 45.3 Å². The van der Waals surface area contributed by atoms with Crippen molar-refractivity contribution in [2.75, 3.05) is 39.3 Å². The largest absolute Gasteiger partial charge is 0.481 e. The Balaban J connectivity index is 1.52. The van der Waals surface area contributed by atoms with Crippen LogP contribution in [0.4, 0.5) is 0 Å². The standard InChI is InChI=1S/C18H27N3O2/c1-14-3-5-17(6-4-14)23-15(2)18(22)21-10-7-16(13-21)20-11-8-19-9-12-20/h3-6,15-16,19H,7-13H2,1-2H3. The number of nitrogens with zero attached hydrogens (tertiary/aromatic N) is 2. The van der Waals surface area contributed by atoms with E-state index in [9.17, 15) is 4.79 Å². The van der Waals surface area contributed by atoms with Gasteiger partial charge in [0.15, 0.2) is 6.10 Å². The van der Waals surface area contributed by atoms with Gasteiger partial charge in [0.25, 0.3) is 5.91 Å². The molecule has 126 valence electrons. The molecule has 1 N–H and O–H groups in total. The summed E-state index contributed by atoms with van der Waals surface area (Å²) in [6.07, 6.45) is 0.641. The summed E-state index contributed by atoms with van der Waals surface area (Å²) in [4.78, 5) is 17.1. The Hall–Kier alpha value is -1.59. The van der Waals surface area contributed by atoms with Crippen LogP contribution in [0.3, 0.4) is 0 Å². The first-order chi connectivity index (χ1) is 11.1. The van der Waals surface area contributed by atoms with E-state index in [-0.39, 0.29) is 5.91 Å². The van der Waals surface area contributed by atoms with Crippen LogP contribution in [0.25, 0.3) is 0 Å². The lowest BCUT2D eigenvalue weighted by Crippen LogP contribution is -2.50. The summed E-state index contributed by atoms with van der Waals surface area (Å²) >= 11 is 0. The highest BCUT2D eigenvalue weighted by molar-refractivity contribution is 5.81. The van der Waals surface area contributed by atoms with Gasteiger partial charge in [-0.25, -0.2) is 0 Å². The minimum atomic E-state index is -0.431. The van der Waals surface area contributed by atoms with Gasteiger partial charge in [-0.05, 0) is 32.4 Å². The molecule has 5 nitrogen and oxygen atoms in total. The third-order valence-corrected chi connectivity index (χ3v) is 4.82. The van der Waals surface area contributed by atoms with Crippen molar-refractivity contribution in [1.29, 1.82) is 0 Å². The predicted molar refractivity (Wildman–Crippen MR) is 90.7 cm³/mol. The van der Waals surface area contributed by atoms with Crippen LogP contribution in [0.15, 0.2) is 24.3 Å². The second-order valence-electron chi connectivity index (χ2n) is 6.59. The zero-order chi connectivity index (χ0) is 16.2. The molecule has 0 radical (unpaired) electrons. The van der Waals surface area contributed by atoms with Crippen molar-refractivity contribution in [1.82, 2.24) is 15.1 Å². The van der Waals surface area contributed by atoms with Gasteiger partial charge in [0.2, 0.25) is 0 Å². The fourth-order valence-corrected chi connectivity index (χ4v) is 3.42. The lowest BCUT2D eigenvalue weighted by Gasteiger charge is -2.32. The minimum Gasteiger partial charge on any atom is -0.481 e. The van der Waals surface area contributed by atoms with E-state index in [0.717, 1.165) is 51.4 Å². The van der Waals surface area contributed by atoms with Crippen LogP contribution in [0.5, 0.6) is 5.75 Å². The molecule has 2 atom stereocenters. The van der Waals surface area contributed by atoms with E-state index in [2.05, 4.69) is 10.2 Å². The maximum Gasteiger partial charge on any atom is 0.263 e. The quantitative estimate of drug-likeness (QED) is 0.908. The fraction of sp³-hybridized carbons (Fsp3) is 0.611. The van der Waals surface area contributed by atoms with Gasteiger partial charge < -0.3 is 15.0 Å². The van der Waals surface area contributed by atoms with Crippen LogP contribution in [0.2, 0.25) is 0 Å². The average molecular weight is 317 g/mol. The van der Waals surface area contributed by atoms with Crippen molar-refractivity contribution in [3.63, 3.8) is 0 Å². The van der Waals surface area contributed by atoms with Gasteiger partial charge in [-0.3, -0.25) is 9.69 Å². The molecule has 0 spiro atoms. The minimum absolute atomic E-state index is 0.100. The summed E-state index contributed by atoms with van der Waals surface area (Å²) < 4.78 is 5.81. The van der Waals surface area contributed by atoms with Crippen molar-refractivity contribution in [2.45, 2.75) is 32.4 Å². The van der Waals surface area contributed by atoms with Gasteiger partial charge in [-0.15, -0.1) is 0 Å². The van der Waals surface area contributed by atoms with Gasteiger partial charge in [-0.1, -0.05) is 17.7 Å². The monoisotopic (exact) mass is 317 g/mol. The molecule has 1 amide bonds. The van der Waals surface area contributed by atoms with E-state index in [4.69, 9.17) is 4.74 Å². The Labute approximate surface area is 138 Å². The van der Waals surface area contributed by atoms with Gasteiger partial charge in [0.1, 0.15) is 5.75 Å². The normalized spacial score (nSPS) is 23.7. The first-order valence-corrected chi connectivity index (χ1v) is 8.60. The van der Waals surface area contributed by atoms with E-state index >= 15 is 0 Å². The highest BCUT2D eigenvalue weighted by atomic mass is 16.5. The number of benzene rings is 1. The molecule has 1 aromatic carbocycles. The Morgan fingerprint density at radius 2 is 1.91 bits per heavy atom. The van der Waals surface area contributed by atoms with Gasteiger partial charge in [0.05, 0.1) is 0 Å². The molecular formula is C18H27N3O2. The molecule has 0 aliphatic carbocycles. The Morgan fingerprint density at radius 3 is 2.61 bits per heavy atom. The summed E-state index contributed by atoms with van der Waals surface area (Å²) in [7, 11) is 0. The van der Waals surface area contributed by atoms with Gasteiger partial charge >= 0.3 is 0 Å². The number of hydrogen-bond donors (Lipinski definition) is 1. The lowest BCUT2D eigenvalue weighted by atomic mass is 10.2. The van der Waals surface area contributed by atoms with E-state index in [0.29, 0.717) is 6.04 Å². The van der Waals surface area contributed by atoms with E-state index in [1.54, 1.807) is 0 Å². The van der Waals surface area contributed by atoms with E-state index < -0.39 is 6.10 Å². The maximum atomic E-state index is 12.6. The summed E-state index contributed by atoms with van der Waals surface area (Å²) in [5.74, 6) is 0.859. The molecule has 0 bridgehead atoms. The van der Waals surface area contributed by atoms with Crippen molar-refractivity contribution in [2.24, 2.45) is 0 Å². The summed E-state index contributed by atoms with van der Waals surface area (Å²) in [6, 6.07) is 8.36. The van der Waals surface area contributed by atoms with E-state index in [1.165, 1.54) is 5.56 Å². The number of carbonyl (C=O) groups excluding carboxylic acids is 1. The zero-order valence-corrected chi connectivity index (χ0v) is 14.1. The summed E-state index contributed by atoms with van der Waals surface area (Å²) in [5.41, 5.74) is 1.19. The fourth-order valence-electron chi connectivity index (χ4n) is 3.42. The number of ether oxygens (including phenoxy) is 1. The number of hydrogen-bond acceptors (Lipinski definition) is 4. The molecule has 1 aromatic rings. The molecule has 2 unspecified atom stereocenters. The number of likely N-dealkylation sites (tertiary alicyclic amines) is 1. The molecule has 0 aromatic heterocycles. The van der Waals surface area contributed by atoms with Crippen LogP contribution in [-0.4, -0.2) is 67.1 Å². The molecule has 2 aliphatic rings. The summed E-state index contributed by atoms with van der Waals surface area (Å²) in [6.45, 7) is 9.84. The lowest BCUT2D eigenvalue weighted by molar-refractivity contribution is -0.137. The third-order valence-electron chi connectivity index (χ3n) is 4.82. The number of carbonyl (C=O) groups is 1. The molecule has 0 saturated carbocycles. The second-order valence-corrected chi connectivity index (χ2v) is 6.59. The van der Waals surface area contributed by atoms with Crippen molar-refractivity contribution in [3.05, 3.63) is 29.8 Å². The highest BCUT2D eigenvalue weighted by Crippen LogP contribution is 2.19. The Morgan fingerprint density at radius 1 is 1.22 bits per heavy atom. The molecule has 23 heavy (non-hydrogen) atoms. The molecule has 5 heteroatoms. The van der Waals surface area contributed by atoms with Crippen molar-refractivity contribution in [3.8, 4) is 5.75 Å². The van der Waals surface area contributed by atoms with Gasteiger partial charge in [-0.2, -0.15) is 0 Å². The number of nitrogens with one attached hydrogen (secondary N) is 1. The molecule has 2 saturated heterocycles. The smallest absolute Gasteiger partial charge is 0.263 e. The van der Waals surface area contributed by atoms with Crippen molar-refractivity contribution < 1.29 is 9.53 Å². The topological polar surface area (TPSA) is 44.8 Å². The molecule has 2 fully saturated rings. The van der Waals surface area contributed by atoms with Crippen LogP contribution >= 0.6 is 0 Å². The molecule has 2 heterocycles. The highest BCUT2D eigenvalue weighted by Gasteiger charge is 2.33. The second kappa shape index (κ2) is 7.32.